The molecular formula is C23H36N4O2. The fourth-order valence-electron chi connectivity index (χ4n) is 4.18. The summed E-state index contributed by atoms with van der Waals surface area (Å²) in [6.45, 7) is 14.5. The number of amides is 1. The van der Waals surface area contributed by atoms with Gasteiger partial charge in [-0.3, -0.25) is 13.9 Å². The monoisotopic (exact) mass is 400 g/mol. The van der Waals surface area contributed by atoms with Gasteiger partial charge >= 0.3 is 5.69 Å². The molecule has 160 valence electrons. The number of pyridine rings is 1. The molecule has 1 atom stereocenters. The van der Waals surface area contributed by atoms with Crippen LogP contribution in [0.3, 0.4) is 0 Å². The van der Waals surface area contributed by atoms with Crippen molar-refractivity contribution in [1.82, 2.24) is 19.0 Å². The van der Waals surface area contributed by atoms with Crippen LogP contribution in [0.25, 0.3) is 11.2 Å². The summed E-state index contributed by atoms with van der Waals surface area (Å²) in [4.78, 5) is 32.6. The lowest BCUT2D eigenvalue weighted by atomic mass is 9.93. The maximum absolute atomic E-state index is 12.9. The molecular weight excluding hydrogens is 364 g/mol. The highest BCUT2D eigenvalue weighted by Crippen LogP contribution is 2.29. The van der Waals surface area contributed by atoms with Crippen LogP contribution in [0.4, 0.5) is 0 Å². The number of hydrogen-bond acceptors (Lipinski definition) is 3. The van der Waals surface area contributed by atoms with Crippen molar-refractivity contribution in [1.29, 1.82) is 0 Å². The van der Waals surface area contributed by atoms with Crippen LogP contribution in [-0.2, 0) is 18.4 Å². The number of hydrogen-bond donors (Lipinski definition) is 0. The number of imidazole rings is 1. The van der Waals surface area contributed by atoms with Gasteiger partial charge in [0.25, 0.3) is 0 Å². The molecule has 29 heavy (non-hydrogen) atoms. The molecule has 1 unspecified atom stereocenters. The first-order valence-electron chi connectivity index (χ1n) is 10.7. The summed E-state index contributed by atoms with van der Waals surface area (Å²) in [6.07, 6.45) is 3.13. The number of carbonyl (C=O) groups excluding carboxylic acids is 1. The second-order valence-corrected chi connectivity index (χ2v) is 10.8. The predicted octanol–water partition coefficient (Wildman–Crippen LogP) is 3.92. The summed E-state index contributed by atoms with van der Waals surface area (Å²) in [7, 11) is 1.79. The van der Waals surface area contributed by atoms with Gasteiger partial charge < -0.3 is 4.90 Å². The molecule has 2 aromatic heterocycles. The van der Waals surface area contributed by atoms with Crippen molar-refractivity contribution in [3.05, 3.63) is 28.3 Å². The van der Waals surface area contributed by atoms with E-state index in [1.54, 1.807) is 11.6 Å². The zero-order chi connectivity index (χ0) is 21.6. The molecule has 1 aliphatic rings. The molecule has 1 amide bonds. The average molecular weight is 401 g/mol. The summed E-state index contributed by atoms with van der Waals surface area (Å²) in [5.41, 5.74) is 2.20. The predicted molar refractivity (Wildman–Crippen MR) is 117 cm³/mol. The van der Waals surface area contributed by atoms with Crippen LogP contribution in [0.5, 0.6) is 0 Å². The van der Waals surface area contributed by atoms with Gasteiger partial charge in [-0.2, -0.15) is 0 Å². The second-order valence-electron chi connectivity index (χ2n) is 10.8. The minimum Gasteiger partial charge on any atom is -0.342 e. The van der Waals surface area contributed by atoms with Crippen LogP contribution in [0.1, 0.15) is 72.4 Å². The Labute approximate surface area is 173 Å². The van der Waals surface area contributed by atoms with Crippen molar-refractivity contribution in [2.75, 3.05) is 13.1 Å². The van der Waals surface area contributed by atoms with Crippen molar-refractivity contribution < 1.29 is 4.79 Å². The Morgan fingerprint density at radius 3 is 2.45 bits per heavy atom. The first-order chi connectivity index (χ1) is 13.4. The maximum Gasteiger partial charge on any atom is 0.330 e. The molecule has 1 aliphatic heterocycles. The van der Waals surface area contributed by atoms with Gasteiger partial charge in [0.05, 0.1) is 5.52 Å². The smallest absolute Gasteiger partial charge is 0.330 e. The first kappa shape index (κ1) is 21.6. The number of nitrogens with zero attached hydrogens (tertiary/aromatic N) is 4. The van der Waals surface area contributed by atoms with Gasteiger partial charge in [-0.25, -0.2) is 9.78 Å². The molecule has 6 heteroatoms. The molecule has 3 heterocycles. The fourth-order valence-corrected chi connectivity index (χ4v) is 4.18. The third-order valence-electron chi connectivity index (χ3n) is 5.65. The Balaban J connectivity index is 1.96. The quantitative estimate of drug-likeness (QED) is 0.767. The normalized spacial score (nSPS) is 18.9. The number of likely N-dealkylation sites (tertiary alicyclic amines) is 1. The Bertz CT molecular complexity index is 956. The van der Waals surface area contributed by atoms with E-state index in [2.05, 4.69) is 26.8 Å². The van der Waals surface area contributed by atoms with Gasteiger partial charge in [0.1, 0.15) is 0 Å². The van der Waals surface area contributed by atoms with E-state index in [1.807, 2.05) is 36.3 Å². The zero-order valence-electron chi connectivity index (χ0n) is 19.1. The molecule has 6 nitrogen and oxygen atoms in total. The lowest BCUT2D eigenvalue weighted by molar-refractivity contribution is -0.139. The van der Waals surface area contributed by atoms with E-state index in [0.29, 0.717) is 13.1 Å². The summed E-state index contributed by atoms with van der Waals surface area (Å²) >= 11 is 0. The van der Waals surface area contributed by atoms with E-state index in [0.717, 1.165) is 42.7 Å². The molecule has 2 aromatic rings. The molecule has 0 bridgehead atoms. The Morgan fingerprint density at radius 1 is 1.14 bits per heavy atom. The zero-order valence-corrected chi connectivity index (χ0v) is 19.1. The molecule has 1 saturated heterocycles. The Morgan fingerprint density at radius 2 is 1.83 bits per heavy atom. The van der Waals surface area contributed by atoms with Crippen LogP contribution in [0.15, 0.2) is 16.9 Å². The highest BCUT2D eigenvalue weighted by molar-refractivity contribution is 5.81. The van der Waals surface area contributed by atoms with Gasteiger partial charge in [-0.1, -0.05) is 48.0 Å². The number of rotatable bonds is 2. The fraction of sp³-hybridized carbons (Fsp3) is 0.696. The number of fused-ring (bicyclic) bond motifs is 1. The highest BCUT2D eigenvalue weighted by Gasteiger charge is 2.31. The van der Waals surface area contributed by atoms with Crippen LogP contribution in [0, 0.1) is 10.8 Å². The largest absolute Gasteiger partial charge is 0.342 e. The first-order valence-corrected chi connectivity index (χ1v) is 10.7. The maximum atomic E-state index is 12.9. The van der Waals surface area contributed by atoms with Crippen molar-refractivity contribution in [2.45, 2.75) is 73.3 Å². The summed E-state index contributed by atoms with van der Waals surface area (Å²) in [5, 5.41) is 0. The summed E-state index contributed by atoms with van der Waals surface area (Å²) in [6, 6.07) is 4.09. The van der Waals surface area contributed by atoms with E-state index in [4.69, 9.17) is 4.98 Å². The van der Waals surface area contributed by atoms with E-state index < -0.39 is 0 Å². The van der Waals surface area contributed by atoms with E-state index in [1.165, 1.54) is 0 Å². The molecule has 0 saturated carbocycles. The van der Waals surface area contributed by atoms with Crippen LogP contribution in [0.2, 0.25) is 0 Å². The summed E-state index contributed by atoms with van der Waals surface area (Å²) < 4.78 is 3.48. The topological polar surface area (TPSA) is 60.1 Å². The number of aromatic nitrogens is 3. The highest BCUT2D eigenvalue weighted by atomic mass is 16.2. The molecule has 0 N–H and O–H groups in total. The minimum atomic E-state index is -0.375. The lowest BCUT2D eigenvalue weighted by Crippen LogP contribution is -2.41. The SMILES string of the molecule is Cn1c(=O)n(CC(C)(C)C)c2ccc(C3CCCCN(C(=O)C(C)(C)C)C3)nc21. The Hall–Kier alpha value is -2.11. The minimum absolute atomic E-state index is 0.00584. The molecule has 0 radical (unpaired) electrons. The number of carbonyl (C=O) groups is 1. The van der Waals surface area contributed by atoms with Crippen molar-refractivity contribution in [2.24, 2.45) is 17.9 Å². The van der Waals surface area contributed by atoms with E-state index >= 15 is 0 Å². The lowest BCUT2D eigenvalue weighted by Gasteiger charge is -2.30. The standard InChI is InChI=1S/C23H36N4O2/c1-22(2,3)15-27-18-12-11-17(24-19(18)25(7)21(27)29)16-10-8-9-13-26(14-16)20(28)23(4,5)6/h11-12,16H,8-10,13-15H2,1-7H3. The van der Waals surface area contributed by atoms with Gasteiger partial charge in [-0.15, -0.1) is 0 Å². The Kier molecular flexibility index (Phi) is 5.67. The van der Waals surface area contributed by atoms with Crippen molar-refractivity contribution in [3.8, 4) is 0 Å². The molecule has 1 fully saturated rings. The molecule has 0 aromatic carbocycles. The van der Waals surface area contributed by atoms with E-state index in [9.17, 15) is 9.59 Å². The van der Waals surface area contributed by atoms with E-state index in [-0.39, 0.29) is 28.3 Å². The third-order valence-corrected chi connectivity index (χ3v) is 5.65. The molecule has 0 spiro atoms. The van der Waals surface area contributed by atoms with Gasteiger partial charge in [0.15, 0.2) is 5.65 Å². The van der Waals surface area contributed by atoms with Crippen LogP contribution >= 0.6 is 0 Å². The van der Waals surface area contributed by atoms with Gasteiger partial charge in [0.2, 0.25) is 5.91 Å². The summed E-state index contributed by atoms with van der Waals surface area (Å²) in [5.74, 6) is 0.406. The second kappa shape index (κ2) is 7.62. The molecule has 0 aliphatic carbocycles. The third kappa shape index (κ3) is 4.57. The van der Waals surface area contributed by atoms with Crippen LogP contribution in [-0.4, -0.2) is 38.0 Å². The molecule has 3 rings (SSSR count). The van der Waals surface area contributed by atoms with Crippen LogP contribution < -0.4 is 5.69 Å². The average Bonchev–Trinajstić information content (AvgIpc) is 2.81. The van der Waals surface area contributed by atoms with Gasteiger partial charge in [-0.05, 0) is 30.4 Å². The van der Waals surface area contributed by atoms with Gasteiger partial charge in [0, 0.05) is 43.7 Å². The van der Waals surface area contributed by atoms with Crippen molar-refractivity contribution in [3.63, 3.8) is 0 Å². The number of aryl methyl sites for hydroxylation is 1. The van der Waals surface area contributed by atoms with Crippen molar-refractivity contribution >= 4 is 17.1 Å².